The number of hydrogen-bond donors (Lipinski definition) is 0. The van der Waals surface area contributed by atoms with Gasteiger partial charge in [0.15, 0.2) is 0 Å². The Morgan fingerprint density at radius 3 is 2.59 bits per heavy atom. The molecule has 0 atom stereocenters. The lowest BCUT2D eigenvalue weighted by Gasteiger charge is -2.34. The molecule has 1 aliphatic heterocycles. The predicted octanol–water partition coefficient (Wildman–Crippen LogP) is 1.77. The number of ether oxygens (including phenoxy) is 1. The fourth-order valence-electron chi connectivity index (χ4n) is 3.32. The van der Waals surface area contributed by atoms with Crippen LogP contribution in [0, 0.1) is 6.92 Å². The van der Waals surface area contributed by atoms with Crippen molar-refractivity contribution >= 4 is 5.91 Å². The van der Waals surface area contributed by atoms with Crippen LogP contribution in [0.1, 0.15) is 17.0 Å². The van der Waals surface area contributed by atoms with Crippen LogP contribution in [0.15, 0.2) is 34.9 Å². The highest BCUT2D eigenvalue weighted by atomic mass is 16.5. The first-order valence-corrected chi connectivity index (χ1v) is 9.28. The molecule has 1 amide bonds. The number of hydrogen-bond acceptors (Lipinski definition) is 6. The van der Waals surface area contributed by atoms with Gasteiger partial charge in [0.2, 0.25) is 5.91 Å². The van der Waals surface area contributed by atoms with Crippen LogP contribution in [0.25, 0.3) is 0 Å². The van der Waals surface area contributed by atoms with Gasteiger partial charge < -0.3 is 14.2 Å². The van der Waals surface area contributed by atoms with Gasteiger partial charge in [-0.2, -0.15) is 0 Å². The third-order valence-electron chi connectivity index (χ3n) is 4.91. The molecule has 1 aromatic heterocycles. The van der Waals surface area contributed by atoms with Crippen molar-refractivity contribution in [1.82, 2.24) is 19.9 Å². The zero-order chi connectivity index (χ0) is 19.2. The van der Waals surface area contributed by atoms with Crippen LogP contribution < -0.4 is 4.74 Å². The Kier molecular flexibility index (Phi) is 6.47. The van der Waals surface area contributed by atoms with Gasteiger partial charge in [-0.1, -0.05) is 23.4 Å². The van der Waals surface area contributed by atoms with E-state index < -0.39 is 0 Å². The second kappa shape index (κ2) is 9.01. The Labute approximate surface area is 160 Å². The van der Waals surface area contributed by atoms with E-state index in [1.165, 1.54) is 0 Å². The Bertz CT molecular complexity index is 753. The van der Waals surface area contributed by atoms with E-state index >= 15 is 0 Å². The molecule has 0 aliphatic carbocycles. The molecule has 146 valence electrons. The summed E-state index contributed by atoms with van der Waals surface area (Å²) in [7, 11) is 3.50. The molecule has 0 spiro atoms. The number of methoxy groups -OCH3 is 1. The molecule has 0 N–H and O–H groups in total. The normalized spacial score (nSPS) is 15.7. The third kappa shape index (κ3) is 5.30. The molecular formula is C20H28N4O3. The molecule has 0 unspecified atom stereocenters. The summed E-state index contributed by atoms with van der Waals surface area (Å²) < 4.78 is 10.5. The van der Waals surface area contributed by atoms with Crippen LogP contribution in [0.2, 0.25) is 0 Å². The zero-order valence-electron chi connectivity index (χ0n) is 16.4. The summed E-state index contributed by atoms with van der Waals surface area (Å²) in [6.07, 6.45) is 0. The average molecular weight is 372 g/mol. The lowest BCUT2D eigenvalue weighted by Crippen LogP contribution is -2.49. The largest absolute Gasteiger partial charge is 0.496 e. The molecule has 1 saturated heterocycles. The molecule has 7 nitrogen and oxygen atoms in total. The van der Waals surface area contributed by atoms with Crippen molar-refractivity contribution in [1.29, 1.82) is 0 Å². The maximum absolute atomic E-state index is 12.6. The average Bonchev–Trinajstić information content (AvgIpc) is 3.08. The van der Waals surface area contributed by atoms with Crippen LogP contribution in [0.3, 0.4) is 0 Å². The fourth-order valence-corrected chi connectivity index (χ4v) is 3.32. The number of aromatic nitrogens is 1. The van der Waals surface area contributed by atoms with E-state index in [0.717, 1.165) is 55.5 Å². The summed E-state index contributed by atoms with van der Waals surface area (Å²) in [5.41, 5.74) is 1.98. The van der Waals surface area contributed by atoms with E-state index in [1.807, 2.05) is 44.3 Å². The Morgan fingerprint density at radius 2 is 1.93 bits per heavy atom. The van der Waals surface area contributed by atoms with Crippen LogP contribution in [0.5, 0.6) is 5.75 Å². The van der Waals surface area contributed by atoms with Gasteiger partial charge in [-0.05, 0) is 13.0 Å². The quantitative estimate of drug-likeness (QED) is 0.738. The number of carbonyl (C=O) groups excluding carboxylic acids is 1. The second-order valence-electron chi connectivity index (χ2n) is 7.04. The second-order valence-corrected chi connectivity index (χ2v) is 7.04. The molecule has 27 heavy (non-hydrogen) atoms. The first-order chi connectivity index (χ1) is 13.0. The fraction of sp³-hybridized carbons (Fsp3) is 0.500. The van der Waals surface area contributed by atoms with Gasteiger partial charge in [0.25, 0.3) is 0 Å². The van der Waals surface area contributed by atoms with Gasteiger partial charge in [0.1, 0.15) is 11.5 Å². The lowest BCUT2D eigenvalue weighted by molar-refractivity contribution is -0.132. The molecule has 1 aliphatic rings. The van der Waals surface area contributed by atoms with Gasteiger partial charge >= 0.3 is 0 Å². The highest BCUT2D eigenvalue weighted by Crippen LogP contribution is 2.19. The maximum atomic E-state index is 12.6. The van der Waals surface area contributed by atoms with Crippen LogP contribution >= 0.6 is 0 Å². The molecule has 2 heterocycles. The summed E-state index contributed by atoms with van der Waals surface area (Å²) in [4.78, 5) is 18.9. The van der Waals surface area contributed by atoms with Crippen molar-refractivity contribution in [3.63, 3.8) is 0 Å². The minimum absolute atomic E-state index is 0.126. The van der Waals surface area contributed by atoms with Gasteiger partial charge in [0.05, 0.1) is 19.3 Å². The highest BCUT2D eigenvalue weighted by molar-refractivity contribution is 5.78. The highest BCUT2D eigenvalue weighted by Gasteiger charge is 2.21. The van der Waals surface area contributed by atoms with Crippen LogP contribution in [-0.4, -0.2) is 72.6 Å². The molecule has 7 heteroatoms. The number of benzene rings is 1. The number of amides is 1. The lowest BCUT2D eigenvalue weighted by atomic mass is 10.2. The van der Waals surface area contributed by atoms with E-state index in [9.17, 15) is 4.79 Å². The van der Waals surface area contributed by atoms with E-state index in [-0.39, 0.29) is 5.91 Å². The number of aryl methyl sites for hydroxylation is 1. The Balaban J connectivity index is 1.44. The monoisotopic (exact) mass is 372 g/mol. The smallest absolute Gasteiger partial charge is 0.236 e. The van der Waals surface area contributed by atoms with E-state index in [1.54, 1.807) is 12.0 Å². The molecule has 0 radical (unpaired) electrons. The molecule has 3 rings (SSSR count). The van der Waals surface area contributed by atoms with E-state index in [2.05, 4.69) is 15.0 Å². The maximum Gasteiger partial charge on any atom is 0.236 e. The summed E-state index contributed by atoms with van der Waals surface area (Å²) in [6, 6.07) is 9.79. The first kappa shape index (κ1) is 19.4. The van der Waals surface area contributed by atoms with Crippen molar-refractivity contribution in [3.05, 3.63) is 47.3 Å². The predicted molar refractivity (Wildman–Crippen MR) is 102 cm³/mol. The minimum atomic E-state index is 0.126. The summed E-state index contributed by atoms with van der Waals surface area (Å²) in [5.74, 6) is 1.78. The first-order valence-electron chi connectivity index (χ1n) is 9.28. The van der Waals surface area contributed by atoms with Crippen molar-refractivity contribution in [2.75, 3.05) is 46.9 Å². The van der Waals surface area contributed by atoms with E-state index in [0.29, 0.717) is 13.1 Å². The topological polar surface area (TPSA) is 62.1 Å². The van der Waals surface area contributed by atoms with E-state index in [4.69, 9.17) is 9.26 Å². The Morgan fingerprint density at radius 1 is 1.22 bits per heavy atom. The third-order valence-corrected chi connectivity index (χ3v) is 4.91. The molecule has 0 bridgehead atoms. The number of nitrogens with zero attached hydrogens (tertiary/aromatic N) is 4. The van der Waals surface area contributed by atoms with Gasteiger partial charge in [0, 0.05) is 57.9 Å². The van der Waals surface area contributed by atoms with Gasteiger partial charge in [-0.25, -0.2) is 0 Å². The number of piperazine rings is 1. The molecule has 1 fully saturated rings. The zero-order valence-corrected chi connectivity index (χ0v) is 16.4. The standard InChI is InChI=1S/C20H28N4O3/c1-16-12-18(21-27-16)14-23-8-10-24(11-9-23)15-20(25)22(2)13-17-6-4-5-7-19(17)26-3/h4-7,12H,8-11,13-15H2,1-3H3. The SMILES string of the molecule is COc1ccccc1CN(C)C(=O)CN1CCN(Cc2cc(C)on2)CC1. The van der Waals surface area contributed by atoms with Crippen molar-refractivity contribution in [3.8, 4) is 5.75 Å². The Hall–Kier alpha value is -2.38. The number of carbonyl (C=O) groups is 1. The minimum Gasteiger partial charge on any atom is -0.496 e. The summed E-state index contributed by atoms with van der Waals surface area (Å²) in [6.45, 7) is 7.31. The molecule has 0 saturated carbocycles. The van der Waals surface area contributed by atoms with Crippen molar-refractivity contribution in [2.45, 2.75) is 20.0 Å². The number of para-hydroxylation sites is 1. The number of likely N-dealkylation sites (N-methyl/N-ethyl adjacent to an activating group) is 1. The van der Waals surface area contributed by atoms with Gasteiger partial charge in [-0.15, -0.1) is 0 Å². The number of rotatable bonds is 7. The molecule has 1 aromatic carbocycles. The van der Waals surface area contributed by atoms with Gasteiger partial charge in [-0.3, -0.25) is 14.6 Å². The van der Waals surface area contributed by atoms with Crippen LogP contribution in [-0.2, 0) is 17.9 Å². The van der Waals surface area contributed by atoms with Crippen molar-refractivity contribution in [2.24, 2.45) is 0 Å². The van der Waals surface area contributed by atoms with Crippen molar-refractivity contribution < 1.29 is 14.1 Å². The molecular weight excluding hydrogens is 344 g/mol. The summed E-state index contributed by atoms with van der Waals surface area (Å²) in [5, 5.41) is 4.05. The van der Waals surface area contributed by atoms with Crippen LogP contribution in [0.4, 0.5) is 0 Å². The summed E-state index contributed by atoms with van der Waals surface area (Å²) >= 11 is 0. The molecule has 2 aromatic rings.